The Labute approximate surface area is 101 Å². The van der Waals surface area contributed by atoms with E-state index in [9.17, 15) is 0 Å². The van der Waals surface area contributed by atoms with Crippen molar-refractivity contribution < 1.29 is 5.21 Å². The van der Waals surface area contributed by atoms with Gasteiger partial charge in [-0.3, -0.25) is 9.58 Å². The van der Waals surface area contributed by atoms with Gasteiger partial charge in [-0.1, -0.05) is 5.16 Å². The minimum Gasteiger partial charge on any atom is -0.409 e. The zero-order chi connectivity index (χ0) is 12.3. The maximum absolute atomic E-state index is 8.70. The van der Waals surface area contributed by atoms with E-state index in [4.69, 9.17) is 10.9 Å². The first-order chi connectivity index (χ1) is 8.19. The number of amidine groups is 1. The van der Waals surface area contributed by atoms with Crippen molar-refractivity contribution in [3.63, 3.8) is 0 Å². The molecule has 3 N–H and O–H groups in total. The molecule has 1 unspecified atom stereocenters. The SMILES string of the molecule is Cn1ccc(CN2CCCC(/C(N)=N/O)C2)n1. The monoisotopic (exact) mass is 237 g/mol. The third-order valence-corrected chi connectivity index (χ3v) is 3.19. The van der Waals surface area contributed by atoms with Gasteiger partial charge in [-0.05, 0) is 25.5 Å². The van der Waals surface area contributed by atoms with E-state index in [1.165, 1.54) is 0 Å². The van der Waals surface area contributed by atoms with Crippen molar-refractivity contribution in [2.75, 3.05) is 13.1 Å². The highest BCUT2D eigenvalue weighted by Gasteiger charge is 2.23. The topological polar surface area (TPSA) is 79.7 Å². The Morgan fingerprint density at radius 3 is 3.18 bits per heavy atom. The van der Waals surface area contributed by atoms with Crippen LogP contribution < -0.4 is 5.73 Å². The van der Waals surface area contributed by atoms with Gasteiger partial charge in [-0.15, -0.1) is 0 Å². The van der Waals surface area contributed by atoms with Gasteiger partial charge in [0.25, 0.3) is 0 Å². The van der Waals surface area contributed by atoms with Crippen molar-refractivity contribution in [2.45, 2.75) is 19.4 Å². The number of oxime groups is 1. The predicted octanol–water partition coefficient (Wildman–Crippen LogP) is 0.379. The molecule has 0 bridgehead atoms. The van der Waals surface area contributed by atoms with Crippen LogP contribution in [0.3, 0.4) is 0 Å². The first-order valence-corrected chi connectivity index (χ1v) is 5.87. The molecule has 2 heterocycles. The molecule has 0 spiro atoms. The van der Waals surface area contributed by atoms with E-state index in [0.29, 0.717) is 5.84 Å². The molecule has 0 saturated carbocycles. The van der Waals surface area contributed by atoms with Gasteiger partial charge in [0.15, 0.2) is 0 Å². The summed E-state index contributed by atoms with van der Waals surface area (Å²) < 4.78 is 1.81. The summed E-state index contributed by atoms with van der Waals surface area (Å²) in [5.74, 6) is 0.508. The van der Waals surface area contributed by atoms with Gasteiger partial charge >= 0.3 is 0 Å². The fraction of sp³-hybridized carbons (Fsp3) is 0.636. The Bertz CT molecular complexity index is 400. The molecule has 1 fully saturated rings. The average molecular weight is 237 g/mol. The number of rotatable bonds is 3. The molecule has 1 aromatic heterocycles. The highest BCUT2D eigenvalue weighted by molar-refractivity contribution is 5.82. The van der Waals surface area contributed by atoms with E-state index in [2.05, 4.69) is 15.2 Å². The summed E-state index contributed by atoms with van der Waals surface area (Å²) in [7, 11) is 1.92. The van der Waals surface area contributed by atoms with Crippen molar-refractivity contribution in [1.29, 1.82) is 0 Å². The summed E-state index contributed by atoms with van der Waals surface area (Å²) in [6, 6.07) is 2.02. The Balaban J connectivity index is 1.93. The van der Waals surface area contributed by atoms with Crippen LogP contribution in [0.25, 0.3) is 0 Å². The van der Waals surface area contributed by atoms with Gasteiger partial charge in [0.05, 0.1) is 5.69 Å². The number of piperidine rings is 1. The molecule has 0 aliphatic carbocycles. The van der Waals surface area contributed by atoms with Gasteiger partial charge < -0.3 is 10.9 Å². The second-order valence-electron chi connectivity index (χ2n) is 4.58. The quantitative estimate of drug-likeness (QED) is 0.345. The summed E-state index contributed by atoms with van der Waals surface area (Å²) in [4.78, 5) is 2.30. The van der Waals surface area contributed by atoms with Crippen molar-refractivity contribution >= 4 is 5.84 Å². The molecule has 0 aromatic carbocycles. The van der Waals surface area contributed by atoms with Crippen LogP contribution in [0.2, 0.25) is 0 Å². The van der Waals surface area contributed by atoms with Crippen LogP contribution >= 0.6 is 0 Å². The van der Waals surface area contributed by atoms with E-state index < -0.39 is 0 Å². The maximum atomic E-state index is 8.70. The molecule has 2 rings (SSSR count). The molecule has 1 aliphatic rings. The van der Waals surface area contributed by atoms with Gasteiger partial charge in [0.2, 0.25) is 0 Å². The maximum Gasteiger partial charge on any atom is 0.143 e. The number of aromatic nitrogens is 2. The number of nitrogens with two attached hydrogens (primary N) is 1. The molecule has 0 amide bonds. The lowest BCUT2D eigenvalue weighted by Crippen LogP contribution is -2.40. The predicted molar refractivity (Wildman–Crippen MR) is 64.6 cm³/mol. The van der Waals surface area contributed by atoms with E-state index in [-0.39, 0.29) is 5.92 Å². The highest BCUT2D eigenvalue weighted by atomic mass is 16.4. The van der Waals surface area contributed by atoms with E-state index in [1.807, 2.05) is 19.3 Å². The molecule has 1 aliphatic heterocycles. The van der Waals surface area contributed by atoms with Crippen LogP contribution in [0, 0.1) is 5.92 Å². The van der Waals surface area contributed by atoms with Crippen molar-refractivity contribution in [2.24, 2.45) is 23.9 Å². The molecule has 1 saturated heterocycles. The second kappa shape index (κ2) is 5.18. The number of hydrogen-bond donors (Lipinski definition) is 2. The normalized spacial score (nSPS) is 22.9. The zero-order valence-corrected chi connectivity index (χ0v) is 10.1. The van der Waals surface area contributed by atoms with Crippen molar-refractivity contribution in [3.8, 4) is 0 Å². The van der Waals surface area contributed by atoms with Crippen LogP contribution in [0.15, 0.2) is 17.4 Å². The lowest BCUT2D eigenvalue weighted by Gasteiger charge is -2.31. The third kappa shape index (κ3) is 2.97. The lowest BCUT2D eigenvalue weighted by atomic mass is 9.97. The summed E-state index contributed by atoms with van der Waals surface area (Å²) in [5, 5.41) is 16.2. The van der Waals surface area contributed by atoms with E-state index >= 15 is 0 Å². The largest absolute Gasteiger partial charge is 0.409 e. The smallest absolute Gasteiger partial charge is 0.143 e. The Hall–Kier alpha value is -1.56. The van der Waals surface area contributed by atoms with Crippen LogP contribution in [-0.2, 0) is 13.6 Å². The van der Waals surface area contributed by atoms with Gasteiger partial charge in [0, 0.05) is 32.3 Å². The van der Waals surface area contributed by atoms with Crippen LogP contribution in [0.4, 0.5) is 0 Å². The van der Waals surface area contributed by atoms with Crippen LogP contribution in [0.5, 0.6) is 0 Å². The minimum atomic E-state index is 0.164. The average Bonchev–Trinajstić information content (AvgIpc) is 2.74. The fourth-order valence-corrected chi connectivity index (χ4v) is 2.30. The molecule has 1 atom stereocenters. The standard InChI is InChI=1S/C11H19N5O/c1-15-6-4-10(13-15)8-16-5-2-3-9(7-16)11(12)14-17/h4,6,9,17H,2-3,5,7-8H2,1H3,(H2,12,14). The van der Waals surface area contributed by atoms with Gasteiger partial charge in [-0.2, -0.15) is 5.10 Å². The molecule has 6 heteroatoms. The number of nitrogens with zero attached hydrogens (tertiary/aromatic N) is 4. The summed E-state index contributed by atoms with van der Waals surface area (Å²) in [6.07, 6.45) is 4.02. The second-order valence-corrected chi connectivity index (χ2v) is 4.58. The zero-order valence-electron chi connectivity index (χ0n) is 10.1. The van der Waals surface area contributed by atoms with Gasteiger partial charge in [-0.25, -0.2) is 0 Å². The Kier molecular flexibility index (Phi) is 3.63. The van der Waals surface area contributed by atoms with Crippen molar-refractivity contribution in [1.82, 2.24) is 14.7 Å². The highest BCUT2D eigenvalue weighted by Crippen LogP contribution is 2.18. The molecule has 94 valence electrons. The molecular formula is C11H19N5O. The van der Waals surface area contributed by atoms with E-state index in [0.717, 1.165) is 38.2 Å². The molecule has 17 heavy (non-hydrogen) atoms. The number of aryl methyl sites for hydroxylation is 1. The lowest BCUT2D eigenvalue weighted by molar-refractivity contribution is 0.190. The number of likely N-dealkylation sites (tertiary alicyclic amines) is 1. The minimum absolute atomic E-state index is 0.164. The Morgan fingerprint density at radius 1 is 1.71 bits per heavy atom. The van der Waals surface area contributed by atoms with Crippen LogP contribution in [-0.4, -0.2) is 38.8 Å². The number of hydrogen-bond acceptors (Lipinski definition) is 4. The molecular weight excluding hydrogens is 218 g/mol. The van der Waals surface area contributed by atoms with Gasteiger partial charge in [0.1, 0.15) is 5.84 Å². The molecule has 0 radical (unpaired) electrons. The fourth-order valence-electron chi connectivity index (χ4n) is 2.30. The Morgan fingerprint density at radius 2 is 2.53 bits per heavy atom. The third-order valence-electron chi connectivity index (χ3n) is 3.19. The molecule has 1 aromatic rings. The summed E-state index contributed by atoms with van der Waals surface area (Å²) in [6.45, 7) is 2.72. The van der Waals surface area contributed by atoms with Crippen LogP contribution in [0.1, 0.15) is 18.5 Å². The first kappa shape index (κ1) is 11.9. The summed E-state index contributed by atoms with van der Waals surface area (Å²) >= 11 is 0. The molecule has 6 nitrogen and oxygen atoms in total. The van der Waals surface area contributed by atoms with Crippen molar-refractivity contribution in [3.05, 3.63) is 18.0 Å². The first-order valence-electron chi connectivity index (χ1n) is 5.87. The van der Waals surface area contributed by atoms with E-state index in [1.54, 1.807) is 4.68 Å². The summed E-state index contributed by atoms with van der Waals surface area (Å²) in [5.41, 5.74) is 6.72.